The first-order chi connectivity index (χ1) is 11.7. The second-order valence-corrected chi connectivity index (χ2v) is 7.55. The van der Waals surface area contributed by atoms with Crippen molar-refractivity contribution in [1.82, 2.24) is 15.1 Å². The summed E-state index contributed by atoms with van der Waals surface area (Å²) in [6, 6.07) is 10.7. The van der Waals surface area contributed by atoms with Gasteiger partial charge in [0.05, 0.1) is 0 Å². The van der Waals surface area contributed by atoms with Crippen molar-refractivity contribution in [1.29, 1.82) is 0 Å². The maximum Gasteiger partial charge on any atom is 0.222 e. The molecule has 3 rings (SSSR count). The molecule has 2 saturated heterocycles. The molecule has 2 heterocycles. The second kappa shape index (κ2) is 8.63. The van der Waals surface area contributed by atoms with Gasteiger partial charge in [-0.15, -0.1) is 0 Å². The number of benzene rings is 1. The largest absolute Gasteiger partial charge is 0.345 e. The molecule has 0 saturated carbocycles. The van der Waals surface area contributed by atoms with E-state index in [1.807, 2.05) is 11.9 Å². The zero-order chi connectivity index (χ0) is 16.8. The molecule has 24 heavy (non-hydrogen) atoms. The van der Waals surface area contributed by atoms with Gasteiger partial charge in [0.15, 0.2) is 0 Å². The van der Waals surface area contributed by atoms with Crippen LogP contribution in [0, 0.1) is 11.8 Å². The normalized spacial score (nSPS) is 24.4. The van der Waals surface area contributed by atoms with Crippen molar-refractivity contribution in [2.75, 3.05) is 39.8 Å². The predicted octanol–water partition coefficient (Wildman–Crippen LogP) is 2.36. The molecule has 0 radical (unpaired) electrons. The fraction of sp³-hybridized carbons (Fsp3) is 0.650. The molecule has 2 fully saturated rings. The molecular formula is C20H31N3O. The van der Waals surface area contributed by atoms with Crippen molar-refractivity contribution in [3.8, 4) is 0 Å². The van der Waals surface area contributed by atoms with Crippen LogP contribution in [0.3, 0.4) is 0 Å². The summed E-state index contributed by atoms with van der Waals surface area (Å²) < 4.78 is 0. The maximum atomic E-state index is 12.4. The van der Waals surface area contributed by atoms with Crippen molar-refractivity contribution >= 4 is 5.91 Å². The van der Waals surface area contributed by atoms with Gasteiger partial charge in [-0.25, -0.2) is 0 Å². The van der Waals surface area contributed by atoms with Gasteiger partial charge in [0.25, 0.3) is 0 Å². The zero-order valence-electron chi connectivity index (χ0n) is 14.9. The molecule has 4 heteroatoms. The first-order valence-electron chi connectivity index (χ1n) is 9.41. The number of carbonyl (C=O) groups excluding carboxylic acids is 1. The maximum absolute atomic E-state index is 12.4. The molecule has 4 nitrogen and oxygen atoms in total. The molecule has 2 aliphatic heterocycles. The number of nitrogens with zero attached hydrogens (tertiary/aromatic N) is 2. The first-order valence-corrected chi connectivity index (χ1v) is 9.41. The number of hydrogen-bond acceptors (Lipinski definition) is 3. The Hall–Kier alpha value is -1.39. The quantitative estimate of drug-likeness (QED) is 0.834. The summed E-state index contributed by atoms with van der Waals surface area (Å²) in [6.45, 7) is 6.41. The lowest BCUT2D eigenvalue weighted by Crippen LogP contribution is -2.33. The fourth-order valence-corrected chi connectivity index (χ4v) is 4.02. The van der Waals surface area contributed by atoms with Crippen molar-refractivity contribution < 1.29 is 4.79 Å². The summed E-state index contributed by atoms with van der Waals surface area (Å²) in [4.78, 5) is 16.8. The van der Waals surface area contributed by atoms with E-state index >= 15 is 0 Å². The van der Waals surface area contributed by atoms with E-state index in [4.69, 9.17) is 0 Å². The van der Waals surface area contributed by atoms with Crippen LogP contribution in [0.2, 0.25) is 0 Å². The summed E-state index contributed by atoms with van der Waals surface area (Å²) in [5.74, 6) is 1.65. The summed E-state index contributed by atoms with van der Waals surface area (Å²) in [5.41, 5.74) is 1.38. The third kappa shape index (κ3) is 5.05. The highest BCUT2D eigenvalue weighted by molar-refractivity contribution is 5.75. The van der Waals surface area contributed by atoms with Crippen molar-refractivity contribution in [3.63, 3.8) is 0 Å². The molecule has 1 aromatic rings. The van der Waals surface area contributed by atoms with Crippen molar-refractivity contribution in [2.24, 2.45) is 11.8 Å². The van der Waals surface area contributed by atoms with E-state index in [0.717, 1.165) is 45.7 Å². The molecular weight excluding hydrogens is 298 g/mol. The van der Waals surface area contributed by atoms with Crippen LogP contribution in [0.15, 0.2) is 30.3 Å². The monoisotopic (exact) mass is 329 g/mol. The molecule has 2 unspecified atom stereocenters. The Balaban J connectivity index is 1.37. The van der Waals surface area contributed by atoms with E-state index in [9.17, 15) is 4.79 Å². The van der Waals surface area contributed by atoms with Gasteiger partial charge in [-0.1, -0.05) is 30.3 Å². The van der Waals surface area contributed by atoms with Crippen LogP contribution in [0.5, 0.6) is 0 Å². The summed E-state index contributed by atoms with van der Waals surface area (Å²) >= 11 is 0. The predicted molar refractivity (Wildman–Crippen MR) is 97.7 cm³/mol. The topological polar surface area (TPSA) is 35.6 Å². The molecule has 0 aromatic heterocycles. The molecule has 1 N–H and O–H groups in total. The third-order valence-electron chi connectivity index (χ3n) is 5.51. The smallest absolute Gasteiger partial charge is 0.222 e. The van der Waals surface area contributed by atoms with Gasteiger partial charge in [-0.3, -0.25) is 9.69 Å². The number of rotatable bonds is 7. The van der Waals surface area contributed by atoms with Gasteiger partial charge in [-0.2, -0.15) is 0 Å². The minimum atomic E-state index is 0.323. The molecule has 0 bridgehead atoms. The number of hydrogen-bond donors (Lipinski definition) is 1. The highest BCUT2D eigenvalue weighted by atomic mass is 16.2. The van der Waals surface area contributed by atoms with Gasteiger partial charge in [0.2, 0.25) is 5.91 Å². The average molecular weight is 329 g/mol. The van der Waals surface area contributed by atoms with Crippen LogP contribution >= 0.6 is 0 Å². The number of nitrogens with one attached hydrogen (secondary N) is 1. The molecule has 2 atom stereocenters. The lowest BCUT2D eigenvalue weighted by atomic mass is 10.0. The van der Waals surface area contributed by atoms with Gasteiger partial charge < -0.3 is 10.2 Å². The fourth-order valence-electron chi connectivity index (χ4n) is 4.02. The Kier molecular flexibility index (Phi) is 6.27. The average Bonchev–Trinajstić information content (AvgIpc) is 3.25. The molecule has 1 amide bonds. The van der Waals surface area contributed by atoms with E-state index in [0.29, 0.717) is 24.2 Å². The van der Waals surface area contributed by atoms with Gasteiger partial charge >= 0.3 is 0 Å². The Labute approximate surface area is 146 Å². The Bertz CT molecular complexity index is 513. The van der Waals surface area contributed by atoms with Crippen molar-refractivity contribution in [2.45, 2.75) is 32.2 Å². The molecule has 2 aliphatic rings. The van der Waals surface area contributed by atoms with Crippen LogP contribution in [0.25, 0.3) is 0 Å². The molecule has 0 spiro atoms. The number of likely N-dealkylation sites (tertiary alicyclic amines) is 1. The van der Waals surface area contributed by atoms with Gasteiger partial charge in [0.1, 0.15) is 0 Å². The highest BCUT2D eigenvalue weighted by Gasteiger charge is 2.25. The van der Waals surface area contributed by atoms with Crippen LogP contribution < -0.4 is 5.32 Å². The summed E-state index contributed by atoms with van der Waals surface area (Å²) in [7, 11) is 1.98. The first kappa shape index (κ1) is 17.4. The highest BCUT2D eigenvalue weighted by Crippen LogP contribution is 2.20. The molecule has 1 aromatic carbocycles. The Morgan fingerprint density at radius 1 is 1.25 bits per heavy atom. The number of carbonyl (C=O) groups is 1. The van der Waals surface area contributed by atoms with Crippen molar-refractivity contribution in [3.05, 3.63) is 35.9 Å². The summed E-state index contributed by atoms with van der Waals surface area (Å²) in [5, 5.41) is 3.38. The van der Waals surface area contributed by atoms with E-state index in [-0.39, 0.29) is 0 Å². The van der Waals surface area contributed by atoms with E-state index < -0.39 is 0 Å². The number of amides is 1. The lowest BCUT2D eigenvalue weighted by molar-refractivity contribution is -0.130. The van der Waals surface area contributed by atoms with E-state index in [1.165, 1.54) is 18.4 Å². The minimum absolute atomic E-state index is 0.323. The summed E-state index contributed by atoms with van der Waals surface area (Å²) in [6.07, 6.45) is 4.19. The standard InChI is InChI=1S/C20H31N3O/c1-22(20(24)8-7-17-9-11-21-13-17)14-19-10-12-23(16-19)15-18-5-3-2-4-6-18/h2-6,17,19,21H,7-16H2,1H3. The SMILES string of the molecule is CN(CC1CCN(Cc2ccccc2)C1)C(=O)CCC1CCNC1. The van der Waals surface area contributed by atoms with Crippen LogP contribution in [0.1, 0.15) is 31.2 Å². The Morgan fingerprint density at radius 3 is 2.83 bits per heavy atom. The second-order valence-electron chi connectivity index (χ2n) is 7.55. The van der Waals surface area contributed by atoms with Crippen LogP contribution in [-0.2, 0) is 11.3 Å². The van der Waals surface area contributed by atoms with E-state index in [1.54, 1.807) is 0 Å². The van der Waals surface area contributed by atoms with Gasteiger partial charge in [0, 0.05) is 33.1 Å². The van der Waals surface area contributed by atoms with Crippen LogP contribution in [0.4, 0.5) is 0 Å². The zero-order valence-corrected chi connectivity index (χ0v) is 14.9. The minimum Gasteiger partial charge on any atom is -0.345 e. The lowest BCUT2D eigenvalue weighted by Gasteiger charge is -2.22. The molecule has 132 valence electrons. The molecule has 0 aliphatic carbocycles. The van der Waals surface area contributed by atoms with Gasteiger partial charge in [-0.05, 0) is 56.3 Å². The third-order valence-corrected chi connectivity index (χ3v) is 5.51. The van der Waals surface area contributed by atoms with E-state index in [2.05, 4.69) is 40.5 Å². The van der Waals surface area contributed by atoms with Crippen LogP contribution in [-0.4, -0.2) is 55.5 Å². The Morgan fingerprint density at radius 2 is 2.08 bits per heavy atom.